The molecule has 2 heterocycles. The molecule has 18 heavy (non-hydrogen) atoms. The Morgan fingerprint density at radius 3 is 2.83 bits per heavy atom. The van der Waals surface area contributed by atoms with Gasteiger partial charge in [0.2, 0.25) is 5.91 Å². The molecule has 1 saturated heterocycles. The van der Waals surface area contributed by atoms with Crippen molar-refractivity contribution in [3.63, 3.8) is 0 Å². The average Bonchev–Trinajstić information content (AvgIpc) is 2.76. The zero-order valence-electron chi connectivity index (χ0n) is 10.6. The Hall–Kier alpha value is -1.75. The second-order valence-electron chi connectivity index (χ2n) is 4.76. The molecule has 0 aromatic carbocycles. The standard InChI is InChI=1S/C13H17N3O2/c1-8-6-11(14-7-8)13(18)16-12-5-3-4-10(15-12)9(2)17/h3-5,8,11,14H,6-7H2,1-2H3,(H,15,16,18). The van der Waals surface area contributed by atoms with Gasteiger partial charge in [0, 0.05) is 6.92 Å². The van der Waals surface area contributed by atoms with Crippen LogP contribution >= 0.6 is 0 Å². The molecule has 1 aromatic heterocycles. The summed E-state index contributed by atoms with van der Waals surface area (Å²) in [6.45, 7) is 4.42. The number of pyridine rings is 1. The van der Waals surface area contributed by atoms with Gasteiger partial charge < -0.3 is 10.6 Å². The molecule has 2 atom stereocenters. The van der Waals surface area contributed by atoms with Gasteiger partial charge in [-0.1, -0.05) is 13.0 Å². The number of ketones is 1. The lowest BCUT2D eigenvalue weighted by molar-refractivity contribution is -0.117. The van der Waals surface area contributed by atoms with Gasteiger partial charge in [-0.25, -0.2) is 4.98 Å². The van der Waals surface area contributed by atoms with Gasteiger partial charge >= 0.3 is 0 Å². The monoisotopic (exact) mass is 247 g/mol. The number of amides is 1. The maximum Gasteiger partial charge on any atom is 0.242 e. The normalized spacial score (nSPS) is 22.8. The van der Waals surface area contributed by atoms with Gasteiger partial charge in [0.25, 0.3) is 0 Å². The third kappa shape index (κ3) is 2.92. The van der Waals surface area contributed by atoms with E-state index in [4.69, 9.17) is 0 Å². The first kappa shape index (κ1) is 12.7. The second kappa shape index (κ2) is 5.27. The summed E-state index contributed by atoms with van der Waals surface area (Å²) in [5.74, 6) is 0.734. The van der Waals surface area contributed by atoms with Gasteiger partial charge in [-0.05, 0) is 31.0 Å². The highest BCUT2D eigenvalue weighted by atomic mass is 16.2. The van der Waals surface area contributed by atoms with Crippen LogP contribution in [-0.4, -0.2) is 29.3 Å². The first-order valence-corrected chi connectivity index (χ1v) is 6.08. The number of hydrogen-bond acceptors (Lipinski definition) is 4. The lowest BCUT2D eigenvalue weighted by Gasteiger charge is -2.10. The maximum absolute atomic E-state index is 11.9. The Bertz CT molecular complexity index is 473. The van der Waals surface area contributed by atoms with E-state index in [-0.39, 0.29) is 17.7 Å². The summed E-state index contributed by atoms with van der Waals surface area (Å²) in [5, 5.41) is 5.89. The number of rotatable bonds is 3. The second-order valence-corrected chi connectivity index (χ2v) is 4.76. The van der Waals surface area contributed by atoms with Gasteiger partial charge in [-0.2, -0.15) is 0 Å². The molecule has 1 amide bonds. The van der Waals surface area contributed by atoms with Crippen molar-refractivity contribution in [1.82, 2.24) is 10.3 Å². The SMILES string of the molecule is CC(=O)c1cccc(NC(=O)C2CC(C)CN2)n1. The molecule has 1 fully saturated rings. The van der Waals surface area contributed by atoms with E-state index in [9.17, 15) is 9.59 Å². The van der Waals surface area contributed by atoms with E-state index < -0.39 is 0 Å². The zero-order valence-corrected chi connectivity index (χ0v) is 10.6. The van der Waals surface area contributed by atoms with Crippen LogP contribution in [0.25, 0.3) is 0 Å². The minimum atomic E-state index is -0.164. The maximum atomic E-state index is 11.9. The smallest absolute Gasteiger partial charge is 0.242 e. The summed E-state index contributed by atoms with van der Waals surface area (Å²) in [5.41, 5.74) is 0.362. The van der Waals surface area contributed by atoms with Gasteiger partial charge in [-0.3, -0.25) is 9.59 Å². The van der Waals surface area contributed by atoms with E-state index in [1.807, 2.05) is 0 Å². The molecule has 2 N–H and O–H groups in total. The predicted octanol–water partition coefficient (Wildman–Crippen LogP) is 1.22. The van der Waals surface area contributed by atoms with Crippen LogP contribution < -0.4 is 10.6 Å². The number of carbonyl (C=O) groups excluding carboxylic acids is 2. The summed E-state index contributed by atoms with van der Waals surface area (Å²) in [4.78, 5) is 27.2. The van der Waals surface area contributed by atoms with Crippen molar-refractivity contribution in [1.29, 1.82) is 0 Å². The van der Waals surface area contributed by atoms with E-state index in [0.29, 0.717) is 17.4 Å². The number of aromatic nitrogens is 1. The first-order valence-electron chi connectivity index (χ1n) is 6.08. The molecular formula is C13H17N3O2. The van der Waals surface area contributed by atoms with E-state index in [2.05, 4.69) is 22.5 Å². The quantitative estimate of drug-likeness (QED) is 0.788. The van der Waals surface area contributed by atoms with Crippen molar-refractivity contribution >= 4 is 17.5 Å². The zero-order chi connectivity index (χ0) is 13.1. The molecule has 1 aliphatic rings. The lowest BCUT2D eigenvalue weighted by Crippen LogP contribution is -2.35. The molecule has 1 aromatic rings. The van der Waals surface area contributed by atoms with Crippen LogP contribution in [-0.2, 0) is 4.79 Å². The Morgan fingerprint density at radius 2 is 2.22 bits per heavy atom. The van der Waals surface area contributed by atoms with Crippen LogP contribution in [0.5, 0.6) is 0 Å². The van der Waals surface area contributed by atoms with Gasteiger partial charge in [0.15, 0.2) is 5.78 Å². The minimum Gasteiger partial charge on any atom is -0.309 e. The third-order valence-electron chi connectivity index (χ3n) is 3.03. The first-order chi connectivity index (χ1) is 8.56. The summed E-state index contributed by atoms with van der Waals surface area (Å²) >= 11 is 0. The van der Waals surface area contributed by atoms with Crippen LogP contribution in [0.1, 0.15) is 30.8 Å². The lowest BCUT2D eigenvalue weighted by atomic mass is 10.1. The Balaban J connectivity index is 2.03. The van der Waals surface area contributed by atoms with Crippen LogP contribution in [0.4, 0.5) is 5.82 Å². The number of nitrogens with zero attached hydrogens (tertiary/aromatic N) is 1. The molecule has 5 heteroatoms. The van der Waals surface area contributed by atoms with Crippen LogP contribution in [0.2, 0.25) is 0 Å². The van der Waals surface area contributed by atoms with Crippen LogP contribution in [0, 0.1) is 5.92 Å². The molecule has 2 unspecified atom stereocenters. The van der Waals surface area contributed by atoms with Crippen molar-refractivity contribution in [3.05, 3.63) is 23.9 Å². The minimum absolute atomic E-state index is 0.0902. The molecule has 0 radical (unpaired) electrons. The molecule has 0 saturated carbocycles. The van der Waals surface area contributed by atoms with Crippen LogP contribution in [0.15, 0.2) is 18.2 Å². The number of carbonyl (C=O) groups is 2. The van der Waals surface area contributed by atoms with Gasteiger partial charge in [0.05, 0.1) is 6.04 Å². The molecule has 0 aliphatic carbocycles. The molecule has 0 spiro atoms. The average molecular weight is 247 g/mol. The Labute approximate surface area is 106 Å². The summed E-state index contributed by atoms with van der Waals surface area (Å²) in [6, 6.07) is 4.86. The largest absolute Gasteiger partial charge is 0.309 e. The van der Waals surface area contributed by atoms with Gasteiger partial charge in [-0.15, -0.1) is 0 Å². The molecule has 96 valence electrons. The van der Waals surface area contributed by atoms with Crippen molar-refractivity contribution in [2.45, 2.75) is 26.3 Å². The molecule has 2 rings (SSSR count). The van der Waals surface area contributed by atoms with E-state index in [1.165, 1.54) is 6.92 Å². The Kier molecular flexibility index (Phi) is 3.72. The fourth-order valence-corrected chi connectivity index (χ4v) is 2.03. The number of anilines is 1. The highest BCUT2D eigenvalue weighted by Crippen LogP contribution is 2.14. The highest BCUT2D eigenvalue weighted by Gasteiger charge is 2.26. The highest BCUT2D eigenvalue weighted by molar-refractivity contribution is 5.96. The van der Waals surface area contributed by atoms with Crippen molar-refractivity contribution in [2.24, 2.45) is 5.92 Å². The fraction of sp³-hybridized carbons (Fsp3) is 0.462. The van der Waals surface area contributed by atoms with Crippen molar-refractivity contribution in [2.75, 3.05) is 11.9 Å². The van der Waals surface area contributed by atoms with Crippen molar-refractivity contribution < 1.29 is 9.59 Å². The van der Waals surface area contributed by atoms with Gasteiger partial charge in [0.1, 0.15) is 11.5 Å². The number of hydrogen-bond donors (Lipinski definition) is 2. The Morgan fingerprint density at radius 1 is 1.44 bits per heavy atom. The predicted molar refractivity (Wildman–Crippen MR) is 68.4 cm³/mol. The summed E-state index contributed by atoms with van der Waals surface area (Å²) in [6.07, 6.45) is 0.832. The fourth-order valence-electron chi connectivity index (χ4n) is 2.03. The molecule has 5 nitrogen and oxygen atoms in total. The van der Waals surface area contributed by atoms with Crippen LogP contribution in [0.3, 0.4) is 0 Å². The van der Waals surface area contributed by atoms with E-state index in [1.54, 1.807) is 18.2 Å². The van der Waals surface area contributed by atoms with E-state index >= 15 is 0 Å². The third-order valence-corrected chi connectivity index (χ3v) is 3.03. The van der Waals surface area contributed by atoms with Crippen molar-refractivity contribution in [3.8, 4) is 0 Å². The molecular weight excluding hydrogens is 230 g/mol. The molecule has 1 aliphatic heterocycles. The summed E-state index contributed by atoms with van der Waals surface area (Å²) in [7, 11) is 0. The topological polar surface area (TPSA) is 71.1 Å². The number of Topliss-reactive ketones (excluding diaryl/α,β-unsaturated/α-hetero) is 1. The van der Waals surface area contributed by atoms with E-state index in [0.717, 1.165) is 13.0 Å². The molecule has 0 bridgehead atoms. The summed E-state index contributed by atoms with van der Waals surface area (Å²) < 4.78 is 0. The number of nitrogens with one attached hydrogen (secondary N) is 2.